The lowest BCUT2D eigenvalue weighted by molar-refractivity contribution is -0.0666. The van der Waals surface area contributed by atoms with Gasteiger partial charge >= 0.3 is 0 Å². The first kappa shape index (κ1) is 16.0. The Morgan fingerprint density at radius 3 is 3.10 bits per heavy atom. The quantitative estimate of drug-likeness (QED) is 0.784. The maximum Gasteiger partial charge on any atom is 0.264 e. The van der Waals surface area contributed by atoms with Crippen LogP contribution in [0.25, 0.3) is 0 Å². The van der Waals surface area contributed by atoms with Gasteiger partial charge in [0.05, 0.1) is 41.7 Å². The first-order valence-electron chi connectivity index (χ1n) is 6.89. The van der Waals surface area contributed by atoms with Gasteiger partial charge in [-0.1, -0.05) is 11.8 Å². The molecule has 5 nitrogen and oxygen atoms in total. The van der Waals surface area contributed by atoms with E-state index in [9.17, 15) is 9.90 Å². The Morgan fingerprint density at radius 2 is 2.43 bits per heavy atom. The van der Waals surface area contributed by atoms with Crippen LogP contribution in [0.4, 0.5) is 0 Å². The predicted molar refractivity (Wildman–Crippen MR) is 82.3 cm³/mol. The number of nitrogens with two attached hydrogens (primary N) is 1. The third-order valence-electron chi connectivity index (χ3n) is 3.40. The Kier molecular flexibility index (Phi) is 5.37. The van der Waals surface area contributed by atoms with E-state index in [-0.39, 0.29) is 24.7 Å². The summed E-state index contributed by atoms with van der Waals surface area (Å²) in [6, 6.07) is 1.87. The van der Waals surface area contributed by atoms with Gasteiger partial charge in [0.2, 0.25) is 0 Å². The molecule has 0 aromatic carbocycles. The third-order valence-corrected chi connectivity index (χ3v) is 4.54. The number of hydrogen-bond donors (Lipinski definition) is 2. The van der Waals surface area contributed by atoms with Crippen molar-refractivity contribution in [2.45, 2.75) is 26.0 Å². The molecule has 1 fully saturated rings. The molecule has 2 heterocycles. The molecule has 0 radical (unpaired) electrons. The van der Waals surface area contributed by atoms with Crippen LogP contribution in [0.2, 0.25) is 0 Å². The summed E-state index contributed by atoms with van der Waals surface area (Å²) < 4.78 is 5.46. The van der Waals surface area contributed by atoms with Crippen LogP contribution in [-0.2, 0) is 4.74 Å². The smallest absolute Gasteiger partial charge is 0.264 e. The first-order chi connectivity index (χ1) is 10.1. The number of thiophene rings is 1. The van der Waals surface area contributed by atoms with Gasteiger partial charge in [0.1, 0.15) is 0 Å². The normalized spacial score (nSPS) is 21.8. The van der Waals surface area contributed by atoms with Gasteiger partial charge in [-0.3, -0.25) is 4.79 Å². The molecule has 1 aliphatic rings. The average molecular weight is 308 g/mol. The number of aryl methyl sites for hydroxylation is 1. The minimum atomic E-state index is -0.303. The molecule has 1 saturated heterocycles. The molecule has 3 N–H and O–H groups in total. The van der Waals surface area contributed by atoms with E-state index in [2.05, 4.69) is 11.8 Å². The van der Waals surface area contributed by atoms with Crippen LogP contribution in [-0.4, -0.2) is 54.4 Å². The van der Waals surface area contributed by atoms with E-state index < -0.39 is 0 Å². The van der Waals surface area contributed by atoms with E-state index in [0.29, 0.717) is 24.6 Å². The van der Waals surface area contributed by atoms with Crippen LogP contribution in [0.3, 0.4) is 0 Å². The van der Waals surface area contributed by atoms with Crippen LogP contribution < -0.4 is 5.73 Å². The van der Waals surface area contributed by atoms with Gasteiger partial charge in [-0.2, -0.15) is 0 Å². The Hall–Kier alpha value is -1.39. The number of carbonyl (C=O) groups is 1. The largest absolute Gasteiger partial charge is 0.394 e. The topological polar surface area (TPSA) is 75.8 Å². The van der Waals surface area contributed by atoms with Crippen molar-refractivity contribution in [1.29, 1.82) is 0 Å². The molecule has 0 saturated carbocycles. The zero-order chi connectivity index (χ0) is 15.4. The van der Waals surface area contributed by atoms with Gasteiger partial charge in [-0.05, 0) is 25.5 Å². The van der Waals surface area contributed by atoms with Crippen LogP contribution in [0.5, 0.6) is 0 Å². The number of aliphatic hydroxyl groups is 1. The predicted octanol–water partition coefficient (Wildman–Crippen LogP) is 0.589. The Balaban J connectivity index is 2.19. The van der Waals surface area contributed by atoms with Crippen LogP contribution in [0.1, 0.15) is 27.0 Å². The fourth-order valence-electron chi connectivity index (χ4n) is 2.20. The van der Waals surface area contributed by atoms with E-state index in [1.165, 1.54) is 11.3 Å². The third kappa shape index (κ3) is 3.63. The summed E-state index contributed by atoms with van der Waals surface area (Å²) in [5, 5.41) is 9.20. The maximum atomic E-state index is 12.6. The number of ether oxygens (including phenoxy) is 1. The molecule has 0 aliphatic carbocycles. The minimum absolute atomic E-state index is 0.00119. The summed E-state index contributed by atoms with van der Waals surface area (Å²) in [5.41, 5.74) is 6.37. The van der Waals surface area contributed by atoms with Gasteiger partial charge in [0, 0.05) is 6.54 Å². The molecule has 2 atom stereocenters. The van der Waals surface area contributed by atoms with Crippen LogP contribution in [0, 0.1) is 18.8 Å². The SMILES string of the molecule is Cc1cc(C(=O)N2CC(CO)OCC2C)sc1C#CCN. The number of aliphatic hydroxyl groups excluding tert-OH is 1. The number of nitrogens with zero attached hydrogens (tertiary/aromatic N) is 1. The van der Waals surface area contributed by atoms with Crippen molar-refractivity contribution in [2.75, 3.05) is 26.3 Å². The Morgan fingerprint density at radius 1 is 1.67 bits per heavy atom. The highest BCUT2D eigenvalue weighted by atomic mass is 32.1. The second-order valence-corrected chi connectivity index (χ2v) is 6.13. The molecular weight excluding hydrogens is 288 g/mol. The fraction of sp³-hybridized carbons (Fsp3) is 0.533. The van der Waals surface area contributed by atoms with E-state index >= 15 is 0 Å². The lowest BCUT2D eigenvalue weighted by Gasteiger charge is -2.37. The highest BCUT2D eigenvalue weighted by molar-refractivity contribution is 7.14. The average Bonchev–Trinajstić information content (AvgIpc) is 2.86. The summed E-state index contributed by atoms with van der Waals surface area (Å²) in [4.78, 5) is 15.9. The molecule has 0 spiro atoms. The molecule has 6 heteroatoms. The highest BCUT2D eigenvalue weighted by Gasteiger charge is 2.30. The van der Waals surface area contributed by atoms with E-state index in [1.807, 2.05) is 19.9 Å². The molecule has 21 heavy (non-hydrogen) atoms. The number of rotatable bonds is 2. The molecule has 1 aromatic rings. The van der Waals surface area contributed by atoms with Crippen molar-refractivity contribution in [3.05, 3.63) is 21.4 Å². The zero-order valence-electron chi connectivity index (χ0n) is 12.3. The number of morpholine rings is 1. The van der Waals surface area contributed by atoms with Crippen LogP contribution >= 0.6 is 11.3 Å². The van der Waals surface area contributed by atoms with Crippen molar-refractivity contribution < 1.29 is 14.6 Å². The number of hydrogen-bond acceptors (Lipinski definition) is 5. The Labute approximate surface area is 128 Å². The Bertz CT molecular complexity index is 573. The lowest BCUT2D eigenvalue weighted by atomic mass is 10.2. The summed E-state index contributed by atoms with van der Waals surface area (Å²) in [6.07, 6.45) is -0.303. The molecule has 0 bridgehead atoms. The minimum Gasteiger partial charge on any atom is -0.394 e. The second kappa shape index (κ2) is 7.05. The highest BCUT2D eigenvalue weighted by Crippen LogP contribution is 2.24. The van der Waals surface area contributed by atoms with Crippen molar-refractivity contribution >= 4 is 17.2 Å². The van der Waals surface area contributed by atoms with E-state index in [0.717, 1.165) is 10.4 Å². The number of carbonyl (C=O) groups excluding carboxylic acids is 1. The van der Waals surface area contributed by atoms with E-state index in [4.69, 9.17) is 10.5 Å². The molecule has 2 unspecified atom stereocenters. The monoisotopic (exact) mass is 308 g/mol. The standard InChI is InChI=1S/C15H20N2O3S/c1-10-6-14(21-13(10)4-3-5-16)15(19)17-7-12(8-18)20-9-11(17)2/h6,11-12,18H,5,7-9,16H2,1-2H3. The molecule has 1 aromatic heterocycles. The van der Waals surface area contributed by atoms with Crippen molar-refractivity contribution in [3.63, 3.8) is 0 Å². The lowest BCUT2D eigenvalue weighted by Crippen LogP contribution is -2.51. The summed E-state index contributed by atoms with van der Waals surface area (Å²) in [7, 11) is 0. The fourth-order valence-corrected chi connectivity index (χ4v) is 3.20. The molecule has 2 rings (SSSR count). The zero-order valence-corrected chi connectivity index (χ0v) is 13.1. The maximum absolute atomic E-state index is 12.6. The number of amides is 1. The van der Waals surface area contributed by atoms with Crippen molar-refractivity contribution in [3.8, 4) is 11.8 Å². The van der Waals surface area contributed by atoms with Crippen LogP contribution in [0.15, 0.2) is 6.07 Å². The summed E-state index contributed by atoms with van der Waals surface area (Å²) >= 11 is 1.39. The van der Waals surface area contributed by atoms with Gasteiger partial charge in [-0.15, -0.1) is 11.3 Å². The van der Waals surface area contributed by atoms with E-state index in [1.54, 1.807) is 4.90 Å². The summed E-state index contributed by atoms with van der Waals surface area (Å²) in [6.45, 7) is 4.97. The van der Waals surface area contributed by atoms with Gasteiger partial charge in [0.25, 0.3) is 5.91 Å². The second-order valence-electron chi connectivity index (χ2n) is 5.07. The van der Waals surface area contributed by atoms with Crippen molar-refractivity contribution in [1.82, 2.24) is 4.90 Å². The van der Waals surface area contributed by atoms with Gasteiger partial charge in [0.15, 0.2) is 0 Å². The van der Waals surface area contributed by atoms with Gasteiger partial charge in [-0.25, -0.2) is 0 Å². The molecule has 1 amide bonds. The summed E-state index contributed by atoms with van der Waals surface area (Å²) in [5.74, 6) is 5.77. The van der Waals surface area contributed by atoms with Gasteiger partial charge < -0.3 is 20.5 Å². The molecule has 114 valence electrons. The first-order valence-corrected chi connectivity index (χ1v) is 7.71. The molecule has 1 aliphatic heterocycles. The molecular formula is C15H20N2O3S. The van der Waals surface area contributed by atoms with Crippen molar-refractivity contribution in [2.24, 2.45) is 5.73 Å².